The second-order valence-electron chi connectivity index (χ2n) is 4.67. The van der Waals surface area contributed by atoms with Crippen molar-refractivity contribution in [3.8, 4) is 0 Å². The summed E-state index contributed by atoms with van der Waals surface area (Å²) in [5.74, 6) is -0.869. The summed E-state index contributed by atoms with van der Waals surface area (Å²) in [5, 5.41) is 5.62. The van der Waals surface area contributed by atoms with Crippen LogP contribution in [-0.4, -0.2) is 36.3 Å². The lowest BCUT2D eigenvalue weighted by Crippen LogP contribution is -2.30. The summed E-state index contributed by atoms with van der Waals surface area (Å²) in [4.78, 5) is 6.96. The smallest absolute Gasteiger partial charge is 0.379 e. The third kappa shape index (κ3) is 3.30. The molecule has 1 aliphatic carbocycles. The second-order valence-corrected chi connectivity index (χ2v) is 4.67. The Morgan fingerprint density at radius 1 is 1.25 bits per heavy atom. The number of anilines is 2. The van der Waals surface area contributed by atoms with E-state index in [0.717, 1.165) is 19.3 Å². The number of ether oxygens (including phenoxy) is 1. The Hall–Kier alpha value is -1.57. The molecule has 20 heavy (non-hydrogen) atoms. The normalized spacial score (nSPS) is 22.9. The van der Waals surface area contributed by atoms with E-state index in [4.69, 9.17) is 4.74 Å². The molecule has 0 radical (unpaired) electrons. The van der Waals surface area contributed by atoms with Gasteiger partial charge in [-0.05, 0) is 19.3 Å². The quantitative estimate of drug-likeness (QED) is 0.892. The number of alkyl halides is 3. The highest BCUT2D eigenvalue weighted by atomic mass is 19.4. The molecule has 1 heterocycles. The number of aromatic nitrogens is 2. The second kappa shape index (κ2) is 5.82. The molecule has 0 bridgehead atoms. The average molecular weight is 290 g/mol. The van der Waals surface area contributed by atoms with E-state index in [0.29, 0.717) is 0 Å². The molecule has 112 valence electrons. The zero-order valence-electron chi connectivity index (χ0n) is 11.3. The Morgan fingerprint density at radius 2 is 1.95 bits per heavy atom. The Morgan fingerprint density at radius 3 is 2.55 bits per heavy atom. The number of rotatable bonds is 4. The largest absolute Gasteiger partial charge is 0.451 e. The Labute approximate surface area is 114 Å². The Kier molecular flexibility index (Phi) is 4.32. The van der Waals surface area contributed by atoms with Gasteiger partial charge in [0.1, 0.15) is 11.6 Å². The van der Waals surface area contributed by atoms with Gasteiger partial charge in [0.25, 0.3) is 0 Å². The molecular formula is C12H17F3N4O. The van der Waals surface area contributed by atoms with Crippen molar-refractivity contribution >= 4 is 11.6 Å². The zero-order chi connectivity index (χ0) is 14.8. The minimum Gasteiger partial charge on any atom is -0.379 e. The van der Waals surface area contributed by atoms with Crippen LogP contribution in [0, 0.1) is 0 Å². The van der Waals surface area contributed by atoms with Crippen molar-refractivity contribution in [2.45, 2.75) is 37.6 Å². The molecule has 2 unspecified atom stereocenters. The van der Waals surface area contributed by atoms with Crippen molar-refractivity contribution in [2.24, 2.45) is 0 Å². The average Bonchev–Trinajstić information content (AvgIpc) is 2.84. The summed E-state index contributed by atoms with van der Waals surface area (Å²) in [7, 11) is 3.12. The van der Waals surface area contributed by atoms with Crippen molar-refractivity contribution in [1.29, 1.82) is 0 Å². The van der Waals surface area contributed by atoms with Crippen LogP contribution in [-0.2, 0) is 10.9 Å². The van der Waals surface area contributed by atoms with Crippen LogP contribution in [0.1, 0.15) is 25.1 Å². The third-order valence-corrected chi connectivity index (χ3v) is 3.32. The van der Waals surface area contributed by atoms with Gasteiger partial charge in [0.15, 0.2) is 0 Å². The van der Waals surface area contributed by atoms with E-state index in [1.807, 2.05) is 0 Å². The number of methoxy groups -OCH3 is 1. The highest BCUT2D eigenvalue weighted by molar-refractivity contribution is 5.48. The summed E-state index contributed by atoms with van der Waals surface area (Å²) in [6.45, 7) is 0. The van der Waals surface area contributed by atoms with Crippen LogP contribution in [0.15, 0.2) is 6.07 Å². The zero-order valence-corrected chi connectivity index (χ0v) is 11.3. The van der Waals surface area contributed by atoms with E-state index in [2.05, 4.69) is 20.6 Å². The van der Waals surface area contributed by atoms with Crippen LogP contribution >= 0.6 is 0 Å². The van der Waals surface area contributed by atoms with Gasteiger partial charge < -0.3 is 15.4 Å². The molecule has 0 amide bonds. The van der Waals surface area contributed by atoms with E-state index in [9.17, 15) is 13.2 Å². The molecule has 0 aliphatic heterocycles. The summed E-state index contributed by atoms with van der Waals surface area (Å²) in [6.07, 6.45) is -1.85. The first-order valence-corrected chi connectivity index (χ1v) is 6.37. The molecule has 1 aromatic rings. The van der Waals surface area contributed by atoms with Crippen molar-refractivity contribution < 1.29 is 17.9 Å². The van der Waals surface area contributed by atoms with E-state index in [-0.39, 0.29) is 23.8 Å². The maximum atomic E-state index is 12.7. The molecule has 2 atom stereocenters. The molecule has 2 rings (SSSR count). The monoisotopic (exact) mass is 290 g/mol. The van der Waals surface area contributed by atoms with Crippen LogP contribution < -0.4 is 10.6 Å². The van der Waals surface area contributed by atoms with Gasteiger partial charge in [-0.1, -0.05) is 0 Å². The summed E-state index contributed by atoms with van der Waals surface area (Å²) < 4.78 is 43.5. The first-order valence-electron chi connectivity index (χ1n) is 6.37. The molecule has 0 aromatic carbocycles. The van der Waals surface area contributed by atoms with Gasteiger partial charge in [-0.15, -0.1) is 0 Å². The van der Waals surface area contributed by atoms with E-state index < -0.39 is 12.0 Å². The van der Waals surface area contributed by atoms with Crippen LogP contribution in [0.25, 0.3) is 0 Å². The van der Waals surface area contributed by atoms with Crippen molar-refractivity contribution in [3.05, 3.63) is 11.9 Å². The first-order chi connectivity index (χ1) is 9.44. The Bertz CT molecular complexity index is 467. The predicted octanol–water partition coefficient (Wildman–Crippen LogP) is 2.52. The summed E-state index contributed by atoms with van der Waals surface area (Å²) in [5.41, 5.74) is 0. The van der Waals surface area contributed by atoms with E-state index in [1.165, 1.54) is 13.1 Å². The van der Waals surface area contributed by atoms with Crippen LogP contribution in [0.5, 0.6) is 0 Å². The number of hydrogen-bond donors (Lipinski definition) is 2. The fourth-order valence-corrected chi connectivity index (χ4v) is 2.34. The molecule has 2 N–H and O–H groups in total. The van der Waals surface area contributed by atoms with Gasteiger partial charge in [-0.2, -0.15) is 13.2 Å². The van der Waals surface area contributed by atoms with E-state index >= 15 is 0 Å². The number of hydrogen-bond acceptors (Lipinski definition) is 5. The fourth-order valence-electron chi connectivity index (χ4n) is 2.34. The molecule has 8 heteroatoms. The van der Waals surface area contributed by atoms with Gasteiger partial charge in [0.05, 0.1) is 12.1 Å². The highest BCUT2D eigenvalue weighted by Crippen LogP contribution is 2.30. The molecule has 1 aliphatic rings. The maximum Gasteiger partial charge on any atom is 0.451 e. The van der Waals surface area contributed by atoms with Crippen LogP contribution in [0.2, 0.25) is 0 Å². The molecule has 1 saturated carbocycles. The minimum atomic E-state index is -4.57. The molecular weight excluding hydrogens is 273 g/mol. The molecule has 1 fully saturated rings. The first kappa shape index (κ1) is 14.8. The lowest BCUT2D eigenvalue weighted by Gasteiger charge is -2.21. The summed E-state index contributed by atoms with van der Waals surface area (Å²) in [6, 6.07) is 1.43. The lowest BCUT2D eigenvalue weighted by atomic mass is 10.2. The fraction of sp³-hybridized carbons (Fsp3) is 0.667. The van der Waals surface area contributed by atoms with Gasteiger partial charge in [-0.25, -0.2) is 9.97 Å². The number of nitrogens with zero attached hydrogens (tertiary/aromatic N) is 2. The van der Waals surface area contributed by atoms with Crippen LogP contribution in [0.3, 0.4) is 0 Å². The van der Waals surface area contributed by atoms with Crippen LogP contribution in [0.4, 0.5) is 24.8 Å². The standard InChI is InChI=1S/C12H17F3N4O/c1-16-9-6-10(19-11(18-9)12(13,14)15)17-7-4-3-5-8(7)20-2/h6-8H,3-5H2,1-2H3,(H2,16,17,18,19). The van der Waals surface area contributed by atoms with Gasteiger partial charge in [0, 0.05) is 20.2 Å². The highest BCUT2D eigenvalue weighted by Gasteiger charge is 2.36. The summed E-state index contributed by atoms with van der Waals surface area (Å²) >= 11 is 0. The molecule has 0 saturated heterocycles. The topological polar surface area (TPSA) is 59.1 Å². The van der Waals surface area contributed by atoms with Crippen molar-refractivity contribution in [3.63, 3.8) is 0 Å². The van der Waals surface area contributed by atoms with Gasteiger partial charge in [0.2, 0.25) is 5.82 Å². The Balaban J connectivity index is 2.22. The number of halogens is 3. The third-order valence-electron chi connectivity index (χ3n) is 3.32. The van der Waals surface area contributed by atoms with E-state index in [1.54, 1.807) is 7.11 Å². The SMILES string of the molecule is CNc1cc(NC2CCCC2OC)nc(C(F)(F)F)n1. The predicted molar refractivity (Wildman–Crippen MR) is 68.6 cm³/mol. The van der Waals surface area contributed by atoms with Crippen molar-refractivity contribution in [1.82, 2.24) is 9.97 Å². The van der Waals surface area contributed by atoms with Crippen molar-refractivity contribution in [2.75, 3.05) is 24.8 Å². The lowest BCUT2D eigenvalue weighted by molar-refractivity contribution is -0.144. The molecule has 0 spiro atoms. The van der Waals surface area contributed by atoms with Gasteiger partial charge in [-0.3, -0.25) is 0 Å². The van der Waals surface area contributed by atoms with Gasteiger partial charge >= 0.3 is 6.18 Å². The number of nitrogens with one attached hydrogen (secondary N) is 2. The molecule has 1 aromatic heterocycles. The minimum absolute atomic E-state index is 0.00247. The maximum absolute atomic E-state index is 12.7. The molecule has 5 nitrogen and oxygen atoms in total.